The van der Waals surface area contributed by atoms with Gasteiger partial charge in [-0.05, 0) is 48.9 Å². The maximum absolute atomic E-state index is 13.0. The smallest absolute Gasteiger partial charge is 0.247 e. The zero-order chi connectivity index (χ0) is 18.9. The number of rotatable bonds is 6. The van der Waals surface area contributed by atoms with Gasteiger partial charge in [-0.2, -0.15) is 5.26 Å². The molecule has 3 heterocycles. The molecular weight excluding hydrogens is 342 g/mol. The van der Waals surface area contributed by atoms with Gasteiger partial charge in [-0.25, -0.2) is 9.97 Å². The Morgan fingerprint density at radius 3 is 2.74 bits per heavy atom. The topological polar surface area (TPSA) is 91.1 Å². The van der Waals surface area contributed by atoms with Gasteiger partial charge in [0.1, 0.15) is 17.1 Å². The fourth-order valence-electron chi connectivity index (χ4n) is 3.72. The van der Waals surface area contributed by atoms with E-state index in [9.17, 15) is 10.1 Å². The summed E-state index contributed by atoms with van der Waals surface area (Å²) in [4.78, 5) is 23.3. The standard InChI is InChI=1S/C20H21N5O2/c1-27-12-14-4-7-22-17(10-14)24-18-11-16(5-8-23-18)25-9-6-20(13-21,19(25)26)15-2-3-15/h4-5,7-8,10-11,15H,2-3,6,9,12H2,1H3,(H,22,23,24)/t20-/m1/s1. The molecule has 7 nitrogen and oxygen atoms in total. The van der Waals surface area contributed by atoms with Crippen molar-refractivity contribution in [3.8, 4) is 6.07 Å². The van der Waals surface area contributed by atoms with Crippen LogP contribution < -0.4 is 10.2 Å². The molecule has 1 N–H and O–H groups in total. The highest BCUT2D eigenvalue weighted by atomic mass is 16.5. The molecule has 1 aliphatic carbocycles. The fourth-order valence-corrected chi connectivity index (χ4v) is 3.72. The Balaban J connectivity index is 1.54. The molecule has 0 aromatic carbocycles. The van der Waals surface area contributed by atoms with Crippen molar-refractivity contribution in [2.45, 2.75) is 25.9 Å². The third-order valence-corrected chi connectivity index (χ3v) is 5.28. The molecule has 0 bridgehead atoms. The second-order valence-corrected chi connectivity index (χ2v) is 7.07. The SMILES string of the molecule is COCc1ccnc(Nc2cc(N3CC[C@@](C#N)(C4CC4)C3=O)ccn2)c1. The average Bonchev–Trinajstić information content (AvgIpc) is 3.47. The predicted octanol–water partition coefficient (Wildman–Crippen LogP) is 3.02. The van der Waals surface area contributed by atoms with Crippen LogP contribution in [-0.2, 0) is 16.1 Å². The lowest BCUT2D eigenvalue weighted by atomic mass is 9.83. The fraction of sp³-hybridized carbons (Fsp3) is 0.400. The maximum atomic E-state index is 13.0. The summed E-state index contributed by atoms with van der Waals surface area (Å²) in [5.41, 5.74) is 0.917. The summed E-state index contributed by atoms with van der Waals surface area (Å²) in [6, 6.07) is 9.73. The van der Waals surface area contributed by atoms with Gasteiger partial charge < -0.3 is 15.0 Å². The molecule has 2 aliphatic rings. The van der Waals surface area contributed by atoms with Crippen LogP contribution in [0.15, 0.2) is 36.7 Å². The molecule has 27 heavy (non-hydrogen) atoms. The van der Waals surface area contributed by atoms with Crippen molar-refractivity contribution < 1.29 is 9.53 Å². The van der Waals surface area contributed by atoms with Crippen molar-refractivity contribution in [1.82, 2.24) is 9.97 Å². The summed E-state index contributed by atoms with van der Waals surface area (Å²) >= 11 is 0. The highest BCUT2D eigenvalue weighted by Gasteiger charge is 2.56. The Kier molecular flexibility index (Phi) is 4.50. The van der Waals surface area contributed by atoms with E-state index in [0.717, 1.165) is 24.1 Å². The number of hydrogen-bond acceptors (Lipinski definition) is 6. The molecule has 1 aliphatic heterocycles. The van der Waals surface area contributed by atoms with Gasteiger partial charge in [0.25, 0.3) is 0 Å². The number of pyridine rings is 2. The number of hydrogen-bond donors (Lipinski definition) is 1. The van der Waals surface area contributed by atoms with Crippen molar-refractivity contribution in [2.75, 3.05) is 23.9 Å². The minimum Gasteiger partial charge on any atom is -0.380 e. The van der Waals surface area contributed by atoms with Gasteiger partial charge in [0.15, 0.2) is 0 Å². The summed E-state index contributed by atoms with van der Waals surface area (Å²) in [6.45, 7) is 1.07. The lowest BCUT2D eigenvalue weighted by Crippen LogP contribution is -2.35. The Bertz CT molecular complexity index is 905. The van der Waals surface area contributed by atoms with Crippen LogP contribution in [0.2, 0.25) is 0 Å². The number of methoxy groups -OCH3 is 1. The Morgan fingerprint density at radius 2 is 2.04 bits per heavy atom. The lowest BCUT2D eigenvalue weighted by Gasteiger charge is -2.21. The molecule has 2 aromatic heterocycles. The van der Waals surface area contributed by atoms with Gasteiger partial charge in [-0.15, -0.1) is 0 Å². The number of aromatic nitrogens is 2. The van der Waals surface area contributed by atoms with Crippen molar-refractivity contribution in [3.05, 3.63) is 42.2 Å². The molecule has 0 radical (unpaired) electrons. The molecule has 1 atom stereocenters. The van der Waals surface area contributed by atoms with Crippen molar-refractivity contribution >= 4 is 23.2 Å². The number of nitrogens with zero attached hydrogens (tertiary/aromatic N) is 4. The maximum Gasteiger partial charge on any atom is 0.247 e. The minimum atomic E-state index is -0.840. The number of nitriles is 1. The van der Waals surface area contributed by atoms with Gasteiger partial charge in [0, 0.05) is 37.8 Å². The van der Waals surface area contributed by atoms with E-state index in [2.05, 4.69) is 21.4 Å². The third-order valence-electron chi connectivity index (χ3n) is 5.28. The van der Waals surface area contributed by atoms with Crippen molar-refractivity contribution in [1.29, 1.82) is 5.26 Å². The van der Waals surface area contributed by atoms with Gasteiger partial charge in [0.2, 0.25) is 5.91 Å². The Hall–Kier alpha value is -2.98. The molecule has 0 unspecified atom stereocenters. The lowest BCUT2D eigenvalue weighted by molar-refractivity contribution is -0.123. The van der Waals surface area contributed by atoms with Crippen LogP contribution in [0.3, 0.4) is 0 Å². The summed E-state index contributed by atoms with van der Waals surface area (Å²) in [5, 5.41) is 12.8. The first-order chi connectivity index (χ1) is 13.2. The van der Waals surface area contributed by atoms with E-state index in [1.54, 1.807) is 30.5 Å². The molecule has 138 valence electrons. The molecule has 7 heteroatoms. The molecule has 1 amide bonds. The number of ether oxygens (including phenoxy) is 1. The summed E-state index contributed by atoms with van der Waals surface area (Å²) in [5.74, 6) is 1.39. The first kappa shape index (κ1) is 17.4. The molecule has 2 fully saturated rings. The normalized spacial score (nSPS) is 21.9. The predicted molar refractivity (Wildman–Crippen MR) is 100 cm³/mol. The summed E-state index contributed by atoms with van der Waals surface area (Å²) < 4.78 is 5.14. The summed E-state index contributed by atoms with van der Waals surface area (Å²) in [7, 11) is 1.65. The largest absolute Gasteiger partial charge is 0.380 e. The van der Waals surface area contributed by atoms with Crippen molar-refractivity contribution in [2.24, 2.45) is 11.3 Å². The van der Waals surface area contributed by atoms with Crippen LogP contribution in [0.25, 0.3) is 0 Å². The van der Waals surface area contributed by atoms with Crippen molar-refractivity contribution in [3.63, 3.8) is 0 Å². The molecule has 1 saturated heterocycles. The number of carbonyl (C=O) groups excluding carboxylic acids is 1. The molecule has 4 rings (SSSR count). The quantitative estimate of drug-likeness (QED) is 0.848. The highest BCUT2D eigenvalue weighted by molar-refractivity contribution is 6.02. The highest BCUT2D eigenvalue weighted by Crippen LogP contribution is 2.51. The van der Waals surface area contributed by atoms with Crippen LogP contribution in [-0.4, -0.2) is 29.5 Å². The second-order valence-electron chi connectivity index (χ2n) is 7.07. The average molecular weight is 363 g/mol. The van der Waals surface area contributed by atoms with Gasteiger partial charge >= 0.3 is 0 Å². The van der Waals surface area contributed by atoms with Gasteiger partial charge in [-0.3, -0.25) is 4.79 Å². The van der Waals surface area contributed by atoms with E-state index in [1.165, 1.54) is 0 Å². The zero-order valence-electron chi connectivity index (χ0n) is 15.2. The first-order valence-corrected chi connectivity index (χ1v) is 9.06. The first-order valence-electron chi connectivity index (χ1n) is 9.06. The van der Waals surface area contributed by atoms with Crippen LogP contribution in [0.5, 0.6) is 0 Å². The Labute approximate surface area is 158 Å². The van der Waals surface area contributed by atoms with Gasteiger partial charge in [0.05, 0.1) is 12.7 Å². The van der Waals surface area contributed by atoms with E-state index in [-0.39, 0.29) is 11.8 Å². The van der Waals surface area contributed by atoms with Crippen LogP contribution >= 0.6 is 0 Å². The van der Waals surface area contributed by atoms with E-state index >= 15 is 0 Å². The molecule has 2 aromatic rings. The van der Waals surface area contributed by atoms with E-state index in [1.807, 2.05) is 18.2 Å². The number of nitrogens with one attached hydrogen (secondary N) is 1. The van der Waals surface area contributed by atoms with E-state index in [4.69, 9.17) is 4.74 Å². The summed E-state index contributed by atoms with van der Waals surface area (Å²) in [6.07, 6.45) is 5.91. The van der Waals surface area contributed by atoms with Crippen LogP contribution in [0, 0.1) is 22.7 Å². The third kappa shape index (κ3) is 3.24. The van der Waals surface area contributed by atoms with Crippen LogP contribution in [0.4, 0.5) is 17.3 Å². The Morgan fingerprint density at radius 1 is 1.30 bits per heavy atom. The monoisotopic (exact) mass is 363 g/mol. The number of amides is 1. The molecule has 0 spiro atoms. The van der Waals surface area contributed by atoms with E-state index < -0.39 is 5.41 Å². The minimum absolute atomic E-state index is 0.0788. The zero-order valence-corrected chi connectivity index (χ0v) is 15.2. The molecule has 1 saturated carbocycles. The van der Waals surface area contributed by atoms with E-state index in [0.29, 0.717) is 31.2 Å². The number of anilines is 3. The molecular formula is C20H21N5O2. The second kappa shape index (κ2) is 6.97. The van der Waals surface area contributed by atoms with Gasteiger partial charge in [-0.1, -0.05) is 0 Å². The van der Waals surface area contributed by atoms with Crippen LogP contribution in [0.1, 0.15) is 24.8 Å². The number of carbonyl (C=O) groups is 1.